The Hall–Kier alpha value is -4.10. The van der Waals surface area contributed by atoms with Crippen molar-refractivity contribution >= 4 is 17.1 Å². The Balaban J connectivity index is 1.30. The maximum Gasteiger partial charge on any atom is 0.0621 e. The molecule has 1 nitrogen and oxygen atoms in total. The van der Waals surface area contributed by atoms with Crippen LogP contribution in [0, 0.1) is 23.7 Å². The molecule has 246 valence electrons. The number of nitrogens with zero attached hydrogens (tertiary/aromatic N) is 1. The van der Waals surface area contributed by atoms with Crippen LogP contribution in [0.1, 0.15) is 94.9 Å². The molecule has 0 aromatic heterocycles. The summed E-state index contributed by atoms with van der Waals surface area (Å²) in [7, 11) is 0. The minimum atomic E-state index is 0.119. The molecule has 49 heavy (non-hydrogen) atoms. The summed E-state index contributed by atoms with van der Waals surface area (Å²) >= 11 is 0. The van der Waals surface area contributed by atoms with Crippen molar-refractivity contribution in [3.05, 3.63) is 138 Å². The quantitative estimate of drug-likeness (QED) is 0.189. The summed E-state index contributed by atoms with van der Waals surface area (Å²) in [5.41, 5.74) is 16.1. The molecule has 6 aliphatic carbocycles. The van der Waals surface area contributed by atoms with Crippen LogP contribution >= 0.6 is 0 Å². The first kappa shape index (κ1) is 29.8. The Labute approximate surface area is 293 Å². The van der Waals surface area contributed by atoms with E-state index in [1.807, 2.05) is 0 Å². The molecule has 0 radical (unpaired) electrons. The summed E-state index contributed by atoms with van der Waals surface area (Å²) in [5, 5.41) is 0. The van der Waals surface area contributed by atoms with E-state index in [-0.39, 0.29) is 16.2 Å². The Morgan fingerprint density at radius 1 is 0.490 bits per heavy atom. The number of hydrogen-bond donors (Lipinski definition) is 0. The SMILES string of the molecule is CC1(C)CCC(C)(C)c2cc(N(c3ccccc3)c3c(-c4ccccc4)ccc4c3-c3ccccc3C43C4CC5CC(C4)CC3C5)ccc21. The summed E-state index contributed by atoms with van der Waals surface area (Å²) in [5.74, 6) is 3.32. The molecule has 4 saturated carbocycles. The van der Waals surface area contributed by atoms with E-state index in [2.05, 4.69) is 148 Å². The average molecular weight is 640 g/mol. The van der Waals surface area contributed by atoms with E-state index in [0.717, 1.165) is 23.7 Å². The van der Waals surface area contributed by atoms with E-state index < -0.39 is 0 Å². The Kier molecular flexibility index (Phi) is 6.36. The van der Waals surface area contributed by atoms with Gasteiger partial charge in [0.15, 0.2) is 0 Å². The second kappa shape index (κ2) is 10.5. The third kappa shape index (κ3) is 4.17. The maximum absolute atomic E-state index is 2.64. The van der Waals surface area contributed by atoms with Crippen molar-refractivity contribution in [3.8, 4) is 22.3 Å². The zero-order chi connectivity index (χ0) is 33.1. The molecule has 0 N–H and O–H groups in total. The number of hydrogen-bond acceptors (Lipinski definition) is 1. The zero-order valence-electron chi connectivity index (χ0n) is 29.7. The lowest BCUT2D eigenvalue weighted by atomic mass is 9.43. The fraction of sp³-hybridized carbons (Fsp3) is 0.375. The second-order valence-corrected chi connectivity index (χ2v) is 17.6. The summed E-state index contributed by atoms with van der Waals surface area (Å²) in [6, 6.07) is 44.6. The first-order chi connectivity index (χ1) is 23.8. The molecule has 1 spiro atoms. The van der Waals surface area contributed by atoms with Gasteiger partial charge in [-0.1, -0.05) is 119 Å². The van der Waals surface area contributed by atoms with Gasteiger partial charge in [0.05, 0.1) is 5.69 Å². The van der Waals surface area contributed by atoms with Gasteiger partial charge in [-0.25, -0.2) is 0 Å². The molecule has 0 saturated heterocycles. The Morgan fingerprint density at radius 2 is 1.08 bits per heavy atom. The molecule has 11 rings (SSSR count). The normalized spacial score (nSPS) is 27.8. The van der Waals surface area contributed by atoms with Crippen molar-refractivity contribution in [2.45, 2.75) is 88.9 Å². The lowest BCUT2D eigenvalue weighted by molar-refractivity contribution is -0.0399. The summed E-state index contributed by atoms with van der Waals surface area (Å²) in [6.07, 6.45) is 9.50. The molecule has 0 aliphatic heterocycles. The van der Waals surface area contributed by atoms with Crippen LogP contribution in [0.25, 0.3) is 22.3 Å². The molecule has 1 heteroatoms. The largest absolute Gasteiger partial charge is 0.309 e. The van der Waals surface area contributed by atoms with E-state index >= 15 is 0 Å². The van der Waals surface area contributed by atoms with Gasteiger partial charge in [-0.05, 0) is 137 Å². The van der Waals surface area contributed by atoms with Crippen molar-refractivity contribution in [1.82, 2.24) is 0 Å². The molecule has 5 aromatic rings. The van der Waals surface area contributed by atoms with Crippen LogP contribution in [0.5, 0.6) is 0 Å². The van der Waals surface area contributed by atoms with Crippen molar-refractivity contribution in [2.75, 3.05) is 4.90 Å². The molecule has 6 aliphatic rings. The molecule has 0 amide bonds. The fourth-order valence-corrected chi connectivity index (χ4v) is 12.0. The van der Waals surface area contributed by atoms with Crippen LogP contribution in [-0.4, -0.2) is 0 Å². The van der Waals surface area contributed by atoms with E-state index in [9.17, 15) is 0 Å². The lowest BCUT2D eigenvalue weighted by Crippen LogP contribution is -2.55. The Morgan fingerprint density at radius 3 is 1.78 bits per heavy atom. The van der Waals surface area contributed by atoms with Crippen LogP contribution in [0.15, 0.2) is 115 Å². The maximum atomic E-state index is 2.64. The minimum Gasteiger partial charge on any atom is -0.309 e. The number of para-hydroxylation sites is 1. The summed E-state index contributed by atoms with van der Waals surface area (Å²) in [4.78, 5) is 2.64. The molecule has 0 unspecified atom stereocenters. The van der Waals surface area contributed by atoms with Crippen LogP contribution in [-0.2, 0) is 16.2 Å². The van der Waals surface area contributed by atoms with Gasteiger partial charge in [-0.3, -0.25) is 0 Å². The van der Waals surface area contributed by atoms with E-state index in [0.29, 0.717) is 0 Å². The molecule has 4 fully saturated rings. The van der Waals surface area contributed by atoms with Gasteiger partial charge in [0.25, 0.3) is 0 Å². The lowest BCUT2D eigenvalue weighted by Gasteiger charge is -2.61. The van der Waals surface area contributed by atoms with Gasteiger partial charge < -0.3 is 4.90 Å². The smallest absolute Gasteiger partial charge is 0.0621 e. The highest BCUT2D eigenvalue weighted by molar-refractivity contribution is 6.02. The van der Waals surface area contributed by atoms with Crippen molar-refractivity contribution < 1.29 is 0 Å². The third-order valence-electron chi connectivity index (χ3n) is 14.1. The highest BCUT2D eigenvalue weighted by atomic mass is 15.1. The van der Waals surface area contributed by atoms with E-state index in [4.69, 9.17) is 0 Å². The number of anilines is 3. The highest BCUT2D eigenvalue weighted by Gasteiger charge is 2.62. The van der Waals surface area contributed by atoms with Crippen LogP contribution in [0.4, 0.5) is 17.1 Å². The number of benzene rings is 5. The van der Waals surface area contributed by atoms with Crippen molar-refractivity contribution in [2.24, 2.45) is 23.7 Å². The van der Waals surface area contributed by atoms with E-state index in [1.165, 1.54) is 95.4 Å². The van der Waals surface area contributed by atoms with Crippen molar-refractivity contribution in [3.63, 3.8) is 0 Å². The summed E-state index contributed by atoms with van der Waals surface area (Å²) < 4.78 is 0. The molecule has 5 aromatic carbocycles. The highest BCUT2D eigenvalue weighted by Crippen LogP contribution is 2.71. The first-order valence-corrected chi connectivity index (χ1v) is 19.1. The molecular formula is C48H49N. The van der Waals surface area contributed by atoms with Crippen LogP contribution in [0.2, 0.25) is 0 Å². The van der Waals surface area contributed by atoms with Crippen LogP contribution in [0.3, 0.4) is 0 Å². The van der Waals surface area contributed by atoms with Crippen LogP contribution < -0.4 is 4.90 Å². The van der Waals surface area contributed by atoms with Gasteiger partial charge in [0.2, 0.25) is 0 Å². The average Bonchev–Trinajstić information content (AvgIpc) is 3.41. The van der Waals surface area contributed by atoms with Gasteiger partial charge >= 0.3 is 0 Å². The summed E-state index contributed by atoms with van der Waals surface area (Å²) in [6.45, 7) is 9.79. The van der Waals surface area contributed by atoms with Gasteiger partial charge in [0.1, 0.15) is 0 Å². The topological polar surface area (TPSA) is 3.24 Å². The van der Waals surface area contributed by atoms with E-state index in [1.54, 1.807) is 11.1 Å². The second-order valence-electron chi connectivity index (χ2n) is 17.6. The predicted octanol–water partition coefficient (Wildman–Crippen LogP) is 12.9. The number of rotatable bonds is 4. The van der Waals surface area contributed by atoms with Gasteiger partial charge in [0, 0.05) is 27.9 Å². The fourth-order valence-electron chi connectivity index (χ4n) is 12.0. The minimum absolute atomic E-state index is 0.119. The molecule has 0 atom stereocenters. The Bertz CT molecular complexity index is 2060. The van der Waals surface area contributed by atoms with Gasteiger partial charge in [-0.15, -0.1) is 0 Å². The first-order valence-electron chi connectivity index (χ1n) is 19.1. The molecule has 0 heterocycles. The molecular weight excluding hydrogens is 591 g/mol. The molecule has 4 bridgehead atoms. The standard InChI is InChI=1S/C48H49N/c1-46(2)23-24-47(3,4)43-30-37(19-21-41(43)46)49(36-15-9-6-10-16-36)45-38(33-13-7-5-8-14-33)20-22-42-44(45)39-17-11-12-18-40(39)48(42)34-26-31-25-32(28-34)29-35(48)27-31/h5-22,30-32,34-35H,23-29H2,1-4H3. The van der Waals surface area contributed by atoms with Gasteiger partial charge in [-0.2, -0.15) is 0 Å². The van der Waals surface area contributed by atoms with Crippen molar-refractivity contribution in [1.29, 1.82) is 0 Å². The monoisotopic (exact) mass is 639 g/mol. The number of fused-ring (bicyclic) bond motifs is 4. The predicted molar refractivity (Wildman–Crippen MR) is 205 cm³/mol. The third-order valence-corrected chi connectivity index (χ3v) is 14.1. The zero-order valence-corrected chi connectivity index (χ0v) is 29.7.